The molecule has 0 bridgehead atoms. The number of hydrogen-bond donors (Lipinski definition) is 0. The number of carbonyl (C=O) groups excluding carboxylic acids is 2. The summed E-state index contributed by atoms with van der Waals surface area (Å²) in [5, 5.41) is 0. The van der Waals surface area contributed by atoms with Crippen LogP contribution in [0, 0.1) is 0 Å². The Balaban J connectivity index is 1.72. The van der Waals surface area contributed by atoms with E-state index >= 15 is 0 Å². The van der Waals surface area contributed by atoms with Gasteiger partial charge in [0.15, 0.2) is 11.5 Å². The summed E-state index contributed by atoms with van der Waals surface area (Å²) in [6.07, 6.45) is 1.50. The zero-order valence-corrected chi connectivity index (χ0v) is 15.0. The van der Waals surface area contributed by atoms with Crippen LogP contribution in [0.15, 0.2) is 102 Å². The third-order valence-corrected chi connectivity index (χ3v) is 5.12. The Morgan fingerprint density at radius 3 is 1.89 bits per heavy atom. The second-order valence-corrected chi connectivity index (χ2v) is 6.80. The first-order valence-corrected chi connectivity index (χ1v) is 9.16. The van der Waals surface area contributed by atoms with Gasteiger partial charge in [-0.1, -0.05) is 84.9 Å². The monoisotopic (exact) mass is 364 g/mol. The topological polar surface area (TPSA) is 43.4 Å². The summed E-state index contributed by atoms with van der Waals surface area (Å²) in [6.45, 7) is 0. The molecule has 0 radical (unpaired) electrons. The summed E-state index contributed by atoms with van der Waals surface area (Å²) in [5.74, 6) is -0.279. The molecule has 0 spiro atoms. The minimum Gasteiger partial charge on any atom is -0.477 e. The maximum Gasteiger partial charge on any atom is 0.229 e. The molecule has 1 unspecified atom stereocenters. The van der Waals surface area contributed by atoms with E-state index in [-0.39, 0.29) is 17.3 Å². The molecule has 1 aliphatic carbocycles. The van der Waals surface area contributed by atoms with E-state index in [0.29, 0.717) is 16.7 Å². The van der Waals surface area contributed by atoms with Gasteiger partial charge in [-0.15, -0.1) is 0 Å². The SMILES string of the molecule is O=C1C2=C(C(=O)c3ccccc31)C(c1ccccc1)=CC(c1ccccc1)O2. The van der Waals surface area contributed by atoms with Crippen molar-refractivity contribution in [1.82, 2.24) is 0 Å². The molecule has 5 rings (SSSR count). The third-order valence-electron chi connectivity index (χ3n) is 5.12. The summed E-state index contributed by atoms with van der Waals surface area (Å²) in [5.41, 5.74) is 3.73. The van der Waals surface area contributed by atoms with Crippen molar-refractivity contribution >= 4 is 17.1 Å². The molecule has 3 nitrogen and oxygen atoms in total. The predicted molar refractivity (Wildman–Crippen MR) is 107 cm³/mol. The van der Waals surface area contributed by atoms with Crippen LogP contribution in [0.3, 0.4) is 0 Å². The summed E-state index contributed by atoms with van der Waals surface area (Å²) in [7, 11) is 0. The molecule has 3 aromatic rings. The van der Waals surface area contributed by atoms with Crippen LogP contribution in [0.2, 0.25) is 0 Å². The normalized spacial score (nSPS) is 18.1. The van der Waals surface area contributed by atoms with Crippen LogP contribution in [-0.4, -0.2) is 11.6 Å². The van der Waals surface area contributed by atoms with Crippen LogP contribution in [-0.2, 0) is 4.74 Å². The molecular weight excluding hydrogens is 348 g/mol. The van der Waals surface area contributed by atoms with Crippen molar-refractivity contribution in [3.05, 3.63) is 125 Å². The number of Topliss-reactive ketones (excluding diaryl/α,β-unsaturated/α-hetero) is 2. The number of benzene rings is 3. The lowest BCUT2D eigenvalue weighted by Crippen LogP contribution is -2.27. The van der Waals surface area contributed by atoms with E-state index in [2.05, 4.69) is 0 Å². The largest absolute Gasteiger partial charge is 0.477 e. The van der Waals surface area contributed by atoms with E-state index in [4.69, 9.17) is 4.74 Å². The Morgan fingerprint density at radius 1 is 0.643 bits per heavy atom. The van der Waals surface area contributed by atoms with Crippen LogP contribution in [0.1, 0.15) is 37.9 Å². The number of ketones is 2. The van der Waals surface area contributed by atoms with E-state index < -0.39 is 6.10 Å². The summed E-state index contributed by atoms with van der Waals surface area (Å²) in [4.78, 5) is 26.5. The molecule has 3 heteroatoms. The Bertz CT molecular complexity index is 1150. The number of allylic oxidation sites excluding steroid dienone is 3. The molecule has 1 heterocycles. The molecule has 0 amide bonds. The van der Waals surface area contributed by atoms with Gasteiger partial charge in [0.2, 0.25) is 5.78 Å². The summed E-state index contributed by atoms with van der Waals surface area (Å²) in [6, 6.07) is 26.3. The molecule has 134 valence electrons. The van der Waals surface area contributed by atoms with Crippen molar-refractivity contribution < 1.29 is 14.3 Å². The molecule has 0 saturated carbocycles. The molecule has 1 aliphatic heterocycles. The van der Waals surface area contributed by atoms with E-state index in [1.54, 1.807) is 24.3 Å². The second kappa shape index (κ2) is 6.46. The van der Waals surface area contributed by atoms with Crippen molar-refractivity contribution in [3.63, 3.8) is 0 Å². The summed E-state index contributed by atoms with van der Waals surface area (Å²) >= 11 is 0. The molecule has 0 N–H and O–H groups in total. The maximum absolute atomic E-state index is 13.3. The van der Waals surface area contributed by atoms with Gasteiger partial charge in [0, 0.05) is 11.1 Å². The first-order valence-electron chi connectivity index (χ1n) is 9.16. The van der Waals surface area contributed by atoms with Gasteiger partial charge in [0.25, 0.3) is 0 Å². The van der Waals surface area contributed by atoms with Gasteiger partial charge in [-0.3, -0.25) is 9.59 Å². The number of carbonyl (C=O) groups is 2. The fourth-order valence-corrected chi connectivity index (χ4v) is 3.77. The van der Waals surface area contributed by atoms with Gasteiger partial charge >= 0.3 is 0 Å². The molecule has 0 fully saturated rings. The van der Waals surface area contributed by atoms with Crippen molar-refractivity contribution in [1.29, 1.82) is 0 Å². The Morgan fingerprint density at radius 2 is 1.21 bits per heavy atom. The first-order chi connectivity index (χ1) is 13.7. The van der Waals surface area contributed by atoms with Crippen LogP contribution < -0.4 is 0 Å². The number of fused-ring (bicyclic) bond motifs is 1. The fourth-order valence-electron chi connectivity index (χ4n) is 3.77. The first kappa shape index (κ1) is 16.5. The quantitative estimate of drug-likeness (QED) is 0.630. The van der Waals surface area contributed by atoms with Crippen molar-refractivity contribution in [2.24, 2.45) is 0 Å². The lowest BCUT2D eigenvalue weighted by atomic mass is 9.80. The van der Waals surface area contributed by atoms with Crippen molar-refractivity contribution in [3.8, 4) is 0 Å². The Labute approximate surface area is 162 Å². The highest BCUT2D eigenvalue weighted by atomic mass is 16.5. The minimum absolute atomic E-state index is 0.138. The third kappa shape index (κ3) is 2.52. The zero-order valence-electron chi connectivity index (χ0n) is 15.0. The molecule has 2 aliphatic rings. The van der Waals surface area contributed by atoms with E-state index in [1.807, 2.05) is 66.7 Å². The number of ether oxygens (including phenoxy) is 1. The van der Waals surface area contributed by atoms with E-state index in [0.717, 1.165) is 16.7 Å². The number of rotatable bonds is 2. The van der Waals surface area contributed by atoms with Crippen LogP contribution >= 0.6 is 0 Å². The average Bonchev–Trinajstić information content (AvgIpc) is 2.78. The lowest BCUT2D eigenvalue weighted by Gasteiger charge is -2.30. The van der Waals surface area contributed by atoms with Crippen molar-refractivity contribution in [2.75, 3.05) is 0 Å². The van der Waals surface area contributed by atoms with E-state index in [1.165, 1.54) is 0 Å². The second-order valence-electron chi connectivity index (χ2n) is 6.80. The van der Waals surface area contributed by atoms with Gasteiger partial charge in [-0.2, -0.15) is 0 Å². The Kier molecular flexibility index (Phi) is 3.80. The minimum atomic E-state index is -0.433. The predicted octanol–water partition coefficient (Wildman–Crippen LogP) is 5.17. The zero-order chi connectivity index (χ0) is 19.1. The number of hydrogen-bond acceptors (Lipinski definition) is 3. The maximum atomic E-state index is 13.3. The molecule has 0 aromatic heterocycles. The Hall–Kier alpha value is -3.72. The molecular formula is C25H16O3. The highest BCUT2D eigenvalue weighted by Crippen LogP contribution is 2.42. The fraction of sp³-hybridized carbons (Fsp3) is 0.0400. The van der Waals surface area contributed by atoms with Crippen LogP contribution in [0.25, 0.3) is 5.57 Å². The van der Waals surface area contributed by atoms with Crippen LogP contribution in [0.4, 0.5) is 0 Å². The smallest absolute Gasteiger partial charge is 0.229 e. The van der Waals surface area contributed by atoms with Gasteiger partial charge < -0.3 is 4.74 Å². The van der Waals surface area contributed by atoms with Crippen LogP contribution in [0.5, 0.6) is 0 Å². The molecule has 3 aromatic carbocycles. The van der Waals surface area contributed by atoms with Gasteiger partial charge in [-0.05, 0) is 22.8 Å². The van der Waals surface area contributed by atoms with Gasteiger partial charge in [0.05, 0.1) is 5.57 Å². The standard InChI is InChI=1S/C25H16O3/c26-23-18-13-7-8-14-19(18)24(27)25-22(23)20(16-9-3-1-4-10-16)15-21(28-25)17-11-5-2-6-12-17/h1-15,21H. The molecule has 28 heavy (non-hydrogen) atoms. The lowest BCUT2D eigenvalue weighted by molar-refractivity contribution is 0.0805. The highest BCUT2D eigenvalue weighted by molar-refractivity contribution is 6.31. The molecule has 0 saturated heterocycles. The summed E-state index contributed by atoms with van der Waals surface area (Å²) < 4.78 is 6.10. The van der Waals surface area contributed by atoms with Gasteiger partial charge in [-0.25, -0.2) is 0 Å². The van der Waals surface area contributed by atoms with E-state index in [9.17, 15) is 9.59 Å². The average molecular weight is 364 g/mol. The molecule has 1 atom stereocenters. The van der Waals surface area contributed by atoms with Crippen molar-refractivity contribution in [2.45, 2.75) is 6.10 Å². The highest BCUT2D eigenvalue weighted by Gasteiger charge is 2.39. The van der Waals surface area contributed by atoms with Gasteiger partial charge in [0.1, 0.15) is 6.10 Å².